The van der Waals surface area contributed by atoms with E-state index in [0.29, 0.717) is 12.3 Å². The first kappa shape index (κ1) is 15.5. The maximum Gasteiger partial charge on any atom is 0.260 e. The van der Waals surface area contributed by atoms with Crippen LogP contribution in [-0.4, -0.2) is 24.3 Å². The van der Waals surface area contributed by atoms with Gasteiger partial charge < -0.3 is 14.5 Å². The zero-order valence-corrected chi connectivity index (χ0v) is 12.8. The van der Waals surface area contributed by atoms with Gasteiger partial charge in [-0.15, -0.1) is 0 Å². The largest absolute Gasteiger partial charge is 0.481 e. The smallest absolute Gasteiger partial charge is 0.260 e. The second-order valence-electron chi connectivity index (χ2n) is 4.50. The summed E-state index contributed by atoms with van der Waals surface area (Å²) in [4.78, 5) is 11.9. The third kappa shape index (κ3) is 5.55. The van der Waals surface area contributed by atoms with E-state index in [2.05, 4.69) is 5.32 Å². The van der Waals surface area contributed by atoms with Gasteiger partial charge in [0.25, 0.3) is 5.91 Å². The molecule has 0 aliphatic heterocycles. The Morgan fingerprint density at radius 3 is 2.81 bits per heavy atom. The van der Waals surface area contributed by atoms with Crippen LogP contribution in [0.4, 0.5) is 0 Å². The van der Waals surface area contributed by atoms with Gasteiger partial charge in [-0.2, -0.15) is 11.8 Å². The summed E-state index contributed by atoms with van der Waals surface area (Å²) in [5, 5.41) is 2.87. The molecule has 2 rings (SSSR count). The van der Waals surface area contributed by atoms with Gasteiger partial charge in [0.15, 0.2) is 6.10 Å². The molecule has 1 amide bonds. The molecule has 2 aromatic rings. The van der Waals surface area contributed by atoms with E-state index in [1.54, 1.807) is 24.9 Å². The molecule has 4 nitrogen and oxygen atoms in total. The predicted molar refractivity (Wildman–Crippen MR) is 84.4 cm³/mol. The third-order valence-electron chi connectivity index (χ3n) is 2.80. The number of ether oxygens (including phenoxy) is 1. The minimum atomic E-state index is -0.498. The maximum absolute atomic E-state index is 11.9. The molecule has 1 atom stereocenters. The van der Waals surface area contributed by atoms with E-state index in [1.807, 2.05) is 42.5 Å². The van der Waals surface area contributed by atoms with Gasteiger partial charge in [0.2, 0.25) is 0 Å². The van der Waals surface area contributed by atoms with Gasteiger partial charge in [0.1, 0.15) is 11.5 Å². The number of thioether (sulfide) groups is 1. The van der Waals surface area contributed by atoms with Crippen molar-refractivity contribution < 1.29 is 13.9 Å². The Bertz CT molecular complexity index is 528. The zero-order valence-electron chi connectivity index (χ0n) is 12.0. The quantitative estimate of drug-likeness (QED) is 0.761. The number of carbonyl (C=O) groups excluding carboxylic acids is 1. The lowest BCUT2D eigenvalue weighted by Gasteiger charge is -2.14. The van der Waals surface area contributed by atoms with Crippen molar-refractivity contribution >= 4 is 17.7 Å². The number of nitrogens with one attached hydrogen (secondary N) is 1. The summed E-state index contributed by atoms with van der Waals surface area (Å²) < 4.78 is 10.8. The summed E-state index contributed by atoms with van der Waals surface area (Å²) >= 11 is 1.72. The Labute approximate surface area is 128 Å². The first-order chi connectivity index (χ1) is 10.3. The fourth-order valence-corrected chi connectivity index (χ4v) is 2.47. The Hall–Kier alpha value is -1.88. The number of hydrogen-bond acceptors (Lipinski definition) is 4. The Morgan fingerprint density at radius 1 is 1.29 bits per heavy atom. The minimum Gasteiger partial charge on any atom is -0.481 e. The van der Waals surface area contributed by atoms with Gasteiger partial charge in [-0.05, 0) is 31.2 Å². The molecule has 112 valence electrons. The van der Waals surface area contributed by atoms with Crippen LogP contribution in [0.15, 0.2) is 53.1 Å². The highest BCUT2D eigenvalue weighted by Crippen LogP contribution is 2.12. The molecule has 1 unspecified atom stereocenters. The second kappa shape index (κ2) is 8.42. The summed E-state index contributed by atoms with van der Waals surface area (Å²) in [6.45, 7) is 2.37. The van der Waals surface area contributed by atoms with Crippen molar-refractivity contribution in [3.63, 3.8) is 0 Å². The minimum absolute atomic E-state index is 0.0996. The summed E-state index contributed by atoms with van der Waals surface area (Å²) in [7, 11) is 0. The number of amides is 1. The molecule has 1 aromatic heterocycles. The fourth-order valence-electron chi connectivity index (χ4n) is 1.71. The number of benzene rings is 1. The molecule has 1 N–H and O–H groups in total. The first-order valence-electron chi connectivity index (χ1n) is 6.85. The van der Waals surface area contributed by atoms with Gasteiger partial charge >= 0.3 is 0 Å². The van der Waals surface area contributed by atoms with Gasteiger partial charge in [0.05, 0.1) is 12.0 Å². The summed E-state index contributed by atoms with van der Waals surface area (Å²) in [6.07, 6.45) is 1.17. The molecule has 0 saturated heterocycles. The van der Waals surface area contributed by atoms with Crippen LogP contribution in [0.3, 0.4) is 0 Å². The number of hydrogen-bond donors (Lipinski definition) is 1. The van der Waals surface area contributed by atoms with Crippen molar-refractivity contribution in [3.8, 4) is 5.75 Å². The van der Waals surface area contributed by atoms with Crippen molar-refractivity contribution in [2.24, 2.45) is 0 Å². The topological polar surface area (TPSA) is 51.5 Å². The van der Waals surface area contributed by atoms with Gasteiger partial charge in [-0.1, -0.05) is 18.2 Å². The number of rotatable bonds is 8. The molecule has 0 spiro atoms. The summed E-state index contributed by atoms with van der Waals surface area (Å²) in [6, 6.07) is 13.2. The van der Waals surface area contributed by atoms with Crippen molar-refractivity contribution in [3.05, 3.63) is 54.5 Å². The first-order valence-corrected chi connectivity index (χ1v) is 8.00. The van der Waals surface area contributed by atoms with Crippen LogP contribution in [0.2, 0.25) is 0 Å². The molecule has 0 bridgehead atoms. The van der Waals surface area contributed by atoms with Crippen LogP contribution in [0.25, 0.3) is 0 Å². The molecule has 0 radical (unpaired) electrons. The second-order valence-corrected chi connectivity index (χ2v) is 5.60. The molecular weight excluding hydrogens is 286 g/mol. The summed E-state index contributed by atoms with van der Waals surface area (Å²) in [5.41, 5.74) is 0. The maximum atomic E-state index is 11.9. The SMILES string of the molecule is CC(Oc1ccccc1)C(=O)NCCSCc1ccco1. The molecule has 5 heteroatoms. The molecule has 21 heavy (non-hydrogen) atoms. The average molecular weight is 305 g/mol. The Kier molecular flexibility index (Phi) is 6.22. The van der Waals surface area contributed by atoms with Crippen LogP contribution in [-0.2, 0) is 10.5 Å². The van der Waals surface area contributed by atoms with E-state index in [1.165, 1.54) is 0 Å². The average Bonchev–Trinajstić information content (AvgIpc) is 3.01. The Morgan fingerprint density at radius 2 is 2.10 bits per heavy atom. The van der Waals surface area contributed by atoms with Crippen LogP contribution < -0.4 is 10.1 Å². The zero-order chi connectivity index (χ0) is 14.9. The van der Waals surface area contributed by atoms with E-state index in [9.17, 15) is 4.79 Å². The van der Waals surface area contributed by atoms with Gasteiger partial charge in [-0.25, -0.2) is 0 Å². The molecule has 1 aromatic carbocycles. The number of para-hydroxylation sites is 1. The number of carbonyl (C=O) groups is 1. The van der Waals surface area contributed by atoms with Gasteiger partial charge in [-0.3, -0.25) is 4.79 Å². The Balaban J connectivity index is 1.60. The van der Waals surface area contributed by atoms with Crippen LogP contribution in [0.5, 0.6) is 5.75 Å². The highest BCUT2D eigenvalue weighted by Gasteiger charge is 2.13. The third-order valence-corrected chi connectivity index (χ3v) is 3.78. The van der Waals surface area contributed by atoms with Crippen molar-refractivity contribution in [1.82, 2.24) is 5.32 Å². The van der Waals surface area contributed by atoms with Crippen molar-refractivity contribution in [1.29, 1.82) is 0 Å². The highest BCUT2D eigenvalue weighted by molar-refractivity contribution is 7.98. The lowest BCUT2D eigenvalue weighted by Crippen LogP contribution is -2.37. The van der Waals surface area contributed by atoms with Gasteiger partial charge in [0, 0.05) is 12.3 Å². The highest BCUT2D eigenvalue weighted by atomic mass is 32.2. The predicted octanol–water partition coefficient (Wildman–Crippen LogP) is 3.10. The molecule has 0 aliphatic carbocycles. The van der Waals surface area contributed by atoms with Crippen molar-refractivity contribution in [2.45, 2.75) is 18.8 Å². The fraction of sp³-hybridized carbons (Fsp3) is 0.312. The van der Waals surface area contributed by atoms with Crippen LogP contribution in [0, 0.1) is 0 Å². The normalized spacial score (nSPS) is 11.9. The monoisotopic (exact) mass is 305 g/mol. The standard InChI is InChI=1S/C16H19NO3S/c1-13(20-14-6-3-2-4-7-14)16(18)17-9-11-21-12-15-8-5-10-19-15/h2-8,10,13H,9,11-12H2,1H3,(H,17,18). The van der Waals surface area contributed by atoms with E-state index in [-0.39, 0.29) is 5.91 Å². The van der Waals surface area contributed by atoms with Crippen LogP contribution >= 0.6 is 11.8 Å². The lowest BCUT2D eigenvalue weighted by molar-refractivity contribution is -0.127. The van der Waals surface area contributed by atoms with E-state index < -0.39 is 6.10 Å². The lowest BCUT2D eigenvalue weighted by atomic mass is 10.3. The molecule has 0 fully saturated rings. The number of furan rings is 1. The molecular formula is C16H19NO3S. The van der Waals surface area contributed by atoms with E-state index >= 15 is 0 Å². The van der Waals surface area contributed by atoms with Crippen molar-refractivity contribution in [2.75, 3.05) is 12.3 Å². The van der Waals surface area contributed by atoms with E-state index in [0.717, 1.165) is 17.3 Å². The molecule has 0 saturated carbocycles. The summed E-state index contributed by atoms with van der Waals surface area (Å²) in [5.74, 6) is 3.21. The molecule has 0 aliphatic rings. The van der Waals surface area contributed by atoms with Crippen LogP contribution in [0.1, 0.15) is 12.7 Å². The van der Waals surface area contributed by atoms with E-state index in [4.69, 9.17) is 9.15 Å². The molecule has 1 heterocycles.